The Morgan fingerprint density at radius 1 is 1.13 bits per heavy atom. The summed E-state index contributed by atoms with van der Waals surface area (Å²) in [5.41, 5.74) is 9.95. The third kappa shape index (κ3) is 3.66. The van der Waals surface area contributed by atoms with E-state index < -0.39 is 0 Å². The predicted molar refractivity (Wildman–Crippen MR) is 97.3 cm³/mol. The summed E-state index contributed by atoms with van der Waals surface area (Å²) in [6, 6.07) is 16.2. The Morgan fingerprint density at radius 3 is 2.65 bits per heavy atom. The van der Waals surface area contributed by atoms with Crippen LogP contribution in [0.15, 0.2) is 53.5 Å². The van der Waals surface area contributed by atoms with Crippen molar-refractivity contribution in [3.63, 3.8) is 0 Å². The summed E-state index contributed by atoms with van der Waals surface area (Å²) in [6.45, 7) is 4.02. The van der Waals surface area contributed by atoms with E-state index in [2.05, 4.69) is 27.1 Å². The van der Waals surface area contributed by atoms with Crippen molar-refractivity contribution >= 4 is 29.0 Å². The van der Waals surface area contributed by atoms with Crippen LogP contribution in [-0.4, -0.2) is 21.8 Å². The van der Waals surface area contributed by atoms with E-state index in [4.69, 9.17) is 5.73 Å². The maximum absolute atomic E-state index is 6.03. The van der Waals surface area contributed by atoms with Gasteiger partial charge in [-0.15, -0.1) is 0 Å². The van der Waals surface area contributed by atoms with Crippen LogP contribution < -0.4 is 5.73 Å². The van der Waals surface area contributed by atoms with E-state index in [1.807, 2.05) is 62.4 Å². The summed E-state index contributed by atoms with van der Waals surface area (Å²) in [5, 5.41) is 0. The minimum Gasteiger partial charge on any atom is -0.383 e. The number of fused-ring (bicyclic) bond motifs is 1. The zero-order valence-electron chi connectivity index (χ0n) is 13.3. The normalized spacial score (nSPS) is 12.6. The van der Waals surface area contributed by atoms with E-state index in [1.165, 1.54) is 0 Å². The fourth-order valence-electron chi connectivity index (χ4n) is 2.36. The second kappa shape index (κ2) is 6.48. The van der Waals surface area contributed by atoms with E-state index in [1.54, 1.807) is 0 Å². The quantitative estimate of drug-likeness (QED) is 0.568. The Bertz CT molecular complexity index is 857. The van der Waals surface area contributed by atoms with Gasteiger partial charge in [0.1, 0.15) is 11.7 Å². The number of nitrogens with two attached hydrogens (primary N) is 1. The van der Waals surface area contributed by atoms with Crippen LogP contribution in [0, 0.1) is 0 Å². The number of amidine groups is 1. The molecule has 0 aliphatic carbocycles. The Labute approximate surface area is 135 Å². The zero-order valence-corrected chi connectivity index (χ0v) is 13.3. The molecule has 0 radical (unpaired) electrons. The molecule has 1 aromatic heterocycles. The predicted octanol–water partition coefficient (Wildman–Crippen LogP) is 3.85. The number of nitrogens with one attached hydrogen (secondary N) is 1. The molecule has 0 saturated carbocycles. The first-order chi connectivity index (χ1) is 11.1. The SMILES string of the molecule is CC(C)N=C(N)c1ccc2nc(/C=C\c3ccccc3)[nH]c2c1. The summed E-state index contributed by atoms with van der Waals surface area (Å²) in [6.07, 6.45) is 4.01. The average molecular weight is 304 g/mol. The topological polar surface area (TPSA) is 67.1 Å². The molecule has 0 fully saturated rings. The average Bonchev–Trinajstić information content (AvgIpc) is 2.95. The van der Waals surface area contributed by atoms with E-state index in [0.717, 1.165) is 28.0 Å². The first-order valence-electron chi connectivity index (χ1n) is 7.68. The van der Waals surface area contributed by atoms with Crippen molar-refractivity contribution in [3.05, 3.63) is 65.5 Å². The number of imidazole rings is 1. The van der Waals surface area contributed by atoms with Gasteiger partial charge in [0.2, 0.25) is 0 Å². The molecule has 0 atom stereocenters. The van der Waals surface area contributed by atoms with E-state index in [0.29, 0.717) is 5.84 Å². The smallest absolute Gasteiger partial charge is 0.131 e. The van der Waals surface area contributed by atoms with Gasteiger partial charge in [-0.2, -0.15) is 0 Å². The number of aliphatic imine (C=N–C) groups is 1. The number of H-pyrrole nitrogens is 1. The lowest BCUT2D eigenvalue weighted by atomic mass is 10.2. The molecule has 0 saturated heterocycles. The van der Waals surface area contributed by atoms with Gasteiger partial charge in [0.25, 0.3) is 0 Å². The Hall–Kier alpha value is -2.88. The van der Waals surface area contributed by atoms with Crippen molar-refractivity contribution in [1.82, 2.24) is 9.97 Å². The minimum absolute atomic E-state index is 0.178. The molecule has 0 aliphatic heterocycles. The van der Waals surface area contributed by atoms with Crippen LogP contribution in [0.1, 0.15) is 30.8 Å². The lowest BCUT2D eigenvalue weighted by molar-refractivity contribution is 0.834. The van der Waals surface area contributed by atoms with Crippen LogP contribution >= 0.6 is 0 Å². The summed E-state index contributed by atoms with van der Waals surface area (Å²) in [7, 11) is 0. The van der Waals surface area contributed by atoms with Crippen LogP contribution in [0.3, 0.4) is 0 Å². The number of hydrogen-bond donors (Lipinski definition) is 2. The highest BCUT2D eigenvalue weighted by molar-refractivity contribution is 6.00. The number of nitrogens with zero attached hydrogens (tertiary/aromatic N) is 2. The highest BCUT2D eigenvalue weighted by Crippen LogP contribution is 2.15. The van der Waals surface area contributed by atoms with Crippen molar-refractivity contribution < 1.29 is 0 Å². The van der Waals surface area contributed by atoms with E-state index >= 15 is 0 Å². The van der Waals surface area contributed by atoms with Crippen LogP contribution in [0.4, 0.5) is 0 Å². The van der Waals surface area contributed by atoms with E-state index in [9.17, 15) is 0 Å². The fraction of sp³-hybridized carbons (Fsp3) is 0.158. The first-order valence-corrected chi connectivity index (χ1v) is 7.68. The van der Waals surface area contributed by atoms with Gasteiger partial charge in [-0.05, 0) is 43.7 Å². The third-order valence-corrected chi connectivity index (χ3v) is 3.43. The zero-order chi connectivity index (χ0) is 16.2. The molecule has 23 heavy (non-hydrogen) atoms. The molecule has 3 aromatic rings. The summed E-state index contributed by atoms with van der Waals surface area (Å²) in [4.78, 5) is 12.3. The molecular weight excluding hydrogens is 284 g/mol. The van der Waals surface area contributed by atoms with Crippen LogP contribution in [0.5, 0.6) is 0 Å². The lowest BCUT2D eigenvalue weighted by Gasteiger charge is -2.03. The molecule has 4 heteroatoms. The number of aromatic nitrogens is 2. The van der Waals surface area contributed by atoms with Crippen molar-refractivity contribution in [2.75, 3.05) is 0 Å². The number of rotatable bonds is 4. The molecule has 0 aliphatic rings. The fourth-order valence-corrected chi connectivity index (χ4v) is 2.36. The summed E-state index contributed by atoms with van der Waals surface area (Å²) >= 11 is 0. The molecule has 3 N–H and O–H groups in total. The van der Waals surface area contributed by atoms with Crippen LogP contribution in [-0.2, 0) is 0 Å². The van der Waals surface area contributed by atoms with E-state index in [-0.39, 0.29) is 6.04 Å². The van der Waals surface area contributed by atoms with Gasteiger partial charge in [0, 0.05) is 11.6 Å². The maximum atomic E-state index is 6.03. The first kappa shape index (κ1) is 15.0. The van der Waals surface area contributed by atoms with Gasteiger partial charge < -0.3 is 10.7 Å². The van der Waals surface area contributed by atoms with Gasteiger partial charge in [-0.1, -0.05) is 36.4 Å². The standard InChI is InChI=1S/C19H20N4/c1-13(2)21-19(20)15-9-10-16-17(12-15)23-18(22-16)11-8-14-6-4-3-5-7-14/h3-13H,1-2H3,(H2,20,21)(H,22,23)/b11-8-. The molecule has 0 unspecified atom stereocenters. The van der Waals surface area contributed by atoms with Gasteiger partial charge in [0.15, 0.2) is 0 Å². The third-order valence-electron chi connectivity index (χ3n) is 3.43. The second-order valence-corrected chi connectivity index (χ2v) is 5.71. The molecule has 0 amide bonds. The molecule has 1 heterocycles. The van der Waals surface area contributed by atoms with Gasteiger partial charge in [-0.3, -0.25) is 4.99 Å². The molecule has 0 spiro atoms. The van der Waals surface area contributed by atoms with Gasteiger partial charge in [0.05, 0.1) is 11.0 Å². The lowest BCUT2D eigenvalue weighted by Crippen LogP contribution is -2.15. The number of benzene rings is 2. The minimum atomic E-state index is 0.178. The number of aromatic amines is 1. The molecule has 2 aromatic carbocycles. The molecule has 4 nitrogen and oxygen atoms in total. The van der Waals surface area contributed by atoms with Gasteiger partial charge in [-0.25, -0.2) is 4.98 Å². The molecular formula is C19H20N4. The number of hydrogen-bond acceptors (Lipinski definition) is 2. The second-order valence-electron chi connectivity index (χ2n) is 5.71. The molecule has 0 bridgehead atoms. The monoisotopic (exact) mass is 304 g/mol. The van der Waals surface area contributed by atoms with Crippen molar-refractivity contribution in [2.45, 2.75) is 19.9 Å². The highest BCUT2D eigenvalue weighted by Gasteiger charge is 2.05. The molecule has 3 rings (SSSR count). The summed E-state index contributed by atoms with van der Waals surface area (Å²) < 4.78 is 0. The Balaban J connectivity index is 1.89. The van der Waals surface area contributed by atoms with Gasteiger partial charge >= 0.3 is 0 Å². The van der Waals surface area contributed by atoms with Crippen LogP contribution in [0.2, 0.25) is 0 Å². The van der Waals surface area contributed by atoms with Crippen molar-refractivity contribution in [2.24, 2.45) is 10.7 Å². The largest absolute Gasteiger partial charge is 0.383 e. The summed E-state index contributed by atoms with van der Waals surface area (Å²) in [5.74, 6) is 1.37. The highest BCUT2D eigenvalue weighted by atomic mass is 14.9. The Kier molecular flexibility index (Phi) is 4.24. The van der Waals surface area contributed by atoms with Crippen molar-refractivity contribution in [3.8, 4) is 0 Å². The Morgan fingerprint density at radius 2 is 1.91 bits per heavy atom. The van der Waals surface area contributed by atoms with Crippen molar-refractivity contribution in [1.29, 1.82) is 0 Å². The maximum Gasteiger partial charge on any atom is 0.131 e. The molecule has 116 valence electrons. The van der Waals surface area contributed by atoms with Crippen LogP contribution in [0.25, 0.3) is 23.2 Å².